The summed E-state index contributed by atoms with van der Waals surface area (Å²) in [4.78, 5) is 22.6. The summed E-state index contributed by atoms with van der Waals surface area (Å²) in [6.07, 6.45) is 2.14. The first kappa shape index (κ1) is 19.4. The summed E-state index contributed by atoms with van der Waals surface area (Å²) < 4.78 is 57.7. The van der Waals surface area contributed by atoms with E-state index in [0.29, 0.717) is 11.3 Å². The highest BCUT2D eigenvalue weighted by Crippen LogP contribution is 2.29. The average Bonchev–Trinajstić information content (AvgIpc) is 3.03. The highest BCUT2D eigenvalue weighted by atomic mass is 32.1. The van der Waals surface area contributed by atoms with E-state index in [2.05, 4.69) is 9.47 Å². The Hall–Kier alpha value is -2.88. The van der Waals surface area contributed by atoms with Crippen molar-refractivity contribution < 1.29 is 41.7 Å². The molecule has 0 aliphatic heterocycles. The Labute approximate surface area is 148 Å². The molecule has 2 aromatic rings. The molecule has 10 heteroatoms. The van der Waals surface area contributed by atoms with Crippen molar-refractivity contribution >= 4 is 29.2 Å². The molecule has 1 heterocycles. The molecule has 0 unspecified atom stereocenters. The number of thiophene rings is 1. The van der Waals surface area contributed by atoms with Crippen molar-refractivity contribution in [2.24, 2.45) is 0 Å². The number of benzene rings is 1. The van der Waals surface area contributed by atoms with Gasteiger partial charge in [-0.1, -0.05) is 0 Å². The third-order valence-electron chi connectivity index (χ3n) is 2.89. The Morgan fingerprint density at radius 1 is 1.00 bits per heavy atom. The van der Waals surface area contributed by atoms with E-state index in [1.54, 1.807) is 0 Å². The summed E-state index contributed by atoms with van der Waals surface area (Å²) in [7, 11) is 0. The average molecular weight is 389 g/mol. The minimum Gasteiger partial charge on any atom is -0.544 e. The molecule has 1 aromatic heterocycles. The number of halogens is 4. The van der Waals surface area contributed by atoms with Gasteiger partial charge in [-0.2, -0.15) is 17.6 Å². The smallest absolute Gasteiger partial charge is 0.387 e. The van der Waals surface area contributed by atoms with Crippen LogP contribution in [0, 0.1) is 0 Å². The zero-order chi connectivity index (χ0) is 19.3. The van der Waals surface area contributed by atoms with E-state index in [1.807, 2.05) is 0 Å². The number of rotatable bonds is 8. The molecule has 2 rings (SSSR count). The number of carbonyl (C=O) groups is 2. The maximum atomic E-state index is 12.5. The van der Waals surface area contributed by atoms with Crippen LogP contribution in [0.3, 0.4) is 0 Å². The second kappa shape index (κ2) is 8.48. The predicted octanol–water partition coefficient (Wildman–Crippen LogP) is 3.21. The molecule has 0 amide bonds. The molecule has 0 saturated heterocycles. The van der Waals surface area contributed by atoms with E-state index < -0.39 is 36.5 Å². The predicted molar refractivity (Wildman–Crippen MR) is 81.7 cm³/mol. The first-order valence-electron chi connectivity index (χ1n) is 6.83. The number of ether oxygens (including phenoxy) is 2. The molecule has 0 fully saturated rings. The summed E-state index contributed by atoms with van der Waals surface area (Å²) in [6, 6.07) is 5.55. The van der Waals surface area contributed by atoms with Crippen LogP contribution in [0.15, 0.2) is 36.4 Å². The Balaban J connectivity index is 2.23. The molecule has 0 atom stereocenters. The topological polar surface area (TPSA) is 75.7 Å². The lowest BCUT2D eigenvalue weighted by Gasteiger charge is -2.11. The first-order valence-corrected chi connectivity index (χ1v) is 7.65. The number of carbonyl (C=O) groups excluding carboxylic acids is 2. The Bertz CT molecular complexity index is 832. The van der Waals surface area contributed by atoms with Gasteiger partial charge in [0.1, 0.15) is 11.5 Å². The van der Waals surface area contributed by atoms with Crippen LogP contribution in [0.1, 0.15) is 24.9 Å². The van der Waals surface area contributed by atoms with Crippen molar-refractivity contribution in [3.63, 3.8) is 0 Å². The van der Waals surface area contributed by atoms with E-state index >= 15 is 0 Å². The van der Waals surface area contributed by atoms with Gasteiger partial charge in [0.05, 0.1) is 15.7 Å². The van der Waals surface area contributed by atoms with Gasteiger partial charge in [0.25, 0.3) is 0 Å². The third-order valence-corrected chi connectivity index (χ3v) is 3.97. The number of allylic oxidation sites excluding steroid dienone is 1. The van der Waals surface area contributed by atoms with Gasteiger partial charge >= 0.3 is 13.2 Å². The summed E-state index contributed by atoms with van der Waals surface area (Å²) in [5, 5.41) is 10.7. The van der Waals surface area contributed by atoms with Crippen molar-refractivity contribution in [1.82, 2.24) is 0 Å². The minimum absolute atomic E-state index is 0.0111. The molecular weight excluding hydrogens is 380 g/mol. The van der Waals surface area contributed by atoms with Gasteiger partial charge in [-0.15, -0.1) is 11.3 Å². The molecule has 1 aromatic carbocycles. The molecule has 0 bridgehead atoms. The number of hydrogen-bond acceptors (Lipinski definition) is 6. The van der Waals surface area contributed by atoms with Crippen LogP contribution in [-0.2, 0) is 0 Å². The lowest BCUT2D eigenvalue weighted by molar-refractivity contribution is -0.254. The summed E-state index contributed by atoms with van der Waals surface area (Å²) >= 11 is 0.691. The molecule has 0 aliphatic rings. The zero-order valence-electron chi connectivity index (χ0n) is 12.7. The Morgan fingerprint density at radius 2 is 1.65 bits per heavy atom. The summed E-state index contributed by atoms with van der Waals surface area (Å²) in [5.41, 5.74) is 0.0111. The van der Waals surface area contributed by atoms with Gasteiger partial charge in [-0.05, 0) is 36.4 Å². The molecule has 0 spiro atoms. The van der Waals surface area contributed by atoms with E-state index in [4.69, 9.17) is 0 Å². The standard InChI is InChI=1S/C16H10F4O5S/c17-15(18)24-9-3-1-8(11(7-9)25-16(19)20)2-4-10(21)12-5-6-13(26-12)14(22)23/h1-7,15-16H,(H,22,23)/p-1/b4-2+. The van der Waals surface area contributed by atoms with Crippen molar-refractivity contribution in [2.75, 3.05) is 0 Å². The fraction of sp³-hybridized carbons (Fsp3) is 0.125. The first-order chi connectivity index (χ1) is 12.3. The van der Waals surface area contributed by atoms with Crippen molar-refractivity contribution in [3.05, 3.63) is 51.7 Å². The van der Waals surface area contributed by atoms with Crippen LogP contribution >= 0.6 is 11.3 Å². The van der Waals surface area contributed by atoms with Crippen LogP contribution in [-0.4, -0.2) is 25.0 Å². The second-order valence-electron chi connectivity index (χ2n) is 4.61. The van der Waals surface area contributed by atoms with Gasteiger partial charge in [0.15, 0.2) is 5.78 Å². The molecular formula is C16H9F4O5S-. The fourth-order valence-corrected chi connectivity index (χ4v) is 2.62. The summed E-state index contributed by atoms with van der Waals surface area (Å²) in [6.45, 7) is -6.36. The monoisotopic (exact) mass is 389 g/mol. The van der Waals surface area contributed by atoms with Crippen LogP contribution in [0.4, 0.5) is 17.6 Å². The third kappa shape index (κ3) is 5.31. The zero-order valence-corrected chi connectivity index (χ0v) is 13.5. The maximum absolute atomic E-state index is 12.5. The fourth-order valence-electron chi connectivity index (χ4n) is 1.85. The highest BCUT2D eigenvalue weighted by Gasteiger charge is 2.13. The molecule has 0 N–H and O–H groups in total. The van der Waals surface area contributed by atoms with Gasteiger partial charge in [0, 0.05) is 11.6 Å². The van der Waals surface area contributed by atoms with E-state index in [0.717, 1.165) is 30.4 Å². The normalized spacial score (nSPS) is 11.3. The number of hydrogen-bond donors (Lipinski definition) is 0. The number of aromatic carboxylic acids is 1. The SMILES string of the molecule is O=C([O-])c1ccc(C(=O)/C=C/c2ccc(OC(F)F)cc2OC(F)F)s1. The van der Waals surface area contributed by atoms with Crippen LogP contribution in [0.5, 0.6) is 11.5 Å². The van der Waals surface area contributed by atoms with E-state index in [-0.39, 0.29) is 15.3 Å². The quantitative estimate of drug-likeness (QED) is 0.394. The molecule has 26 heavy (non-hydrogen) atoms. The minimum atomic E-state index is -3.22. The number of ketones is 1. The highest BCUT2D eigenvalue weighted by molar-refractivity contribution is 7.16. The molecule has 138 valence electrons. The number of alkyl halides is 4. The maximum Gasteiger partial charge on any atom is 0.387 e. The molecule has 5 nitrogen and oxygen atoms in total. The lowest BCUT2D eigenvalue weighted by Crippen LogP contribution is -2.20. The molecule has 0 saturated carbocycles. The van der Waals surface area contributed by atoms with Gasteiger partial charge in [-0.3, -0.25) is 4.79 Å². The Morgan fingerprint density at radius 3 is 2.23 bits per heavy atom. The molecule has 0 aliphatic carbocycles. The number of carboxylic acid groups (broad SMARTS) is 1. The van der Waals surface area contributed by atoms with Crippen LogP contribution < -0.4 is 14.6 Å². The van der Waals surface area contributed by atoms with Crippen molar-refractivity contribution in [1.29, 1.82) is 0 Å². The van der Waals surface area contributed by atoms with E-state index in [9.17, 15) is 32.3 Å². The largest absolute Gasteiger partial charge is 0.544 e. The lowest BCUT2D eigenvalue weighted by atomic mass is 10.1. The van der Waals surface area contributed by atoms with Crippen LogP contribution in [0.2, 0.25) is 0 Å². The van der Waals surface area contributed by atoms with E-state index in [1.165, 1.54) is 12.1 Å². The van der Waals surface area contributed by atoms with Gasteiger partial charge in [0.2, 0.25) is 0 Å². The van der Waals surface area contributed by atoms with Crippen LogP contribution in [0.25, 0.3) is 6.08 Å². The van der Waals surface area contributed by atoms with Gasteiger partial charge < -0.3 is 19.4 Å². The Kier molecular flexibility index (Phi) is 6.34. The van der Waals surface area contributed by atoms with Gasteiger partial charge in [-0.25, -0.2) is 0 Å². The summed E-state index contributed by atoms with van der Waals surface area (Å²) in [5.74, 6) is -2.88. The van der Waals surface area contributed by atoms with Crippen molar-refractivity contribution in [3.8, 4) is 11.5 Å². The number of carboxylic acids is 1. The second-order valence-corrected chi connectivity index (χ2v) is 5.69. The molecule has 0 radical (unpaired) electrons. The van der Waals surface area contributed by atoms with Crippen molar-refractivity contribution in [2.45, 2.75) is 13.2 Å².